The summed E-state index contributed by atoms with van der Waals surface area (Å²) in [7, 11) is 0. The lowest BCUT2D eigenvalue weighted by Crippen LogP contribution is -2.57. The first kappa shape index (κ1) is 31.3. The molecule has 2 aliphatic carbocycles. The summed E-state index contributed by atoms with van der Waals surface area (Å²) in [5, 5.41) is 0. The summed E-state index contributed by atoms with van der Waals surface area (Å²) in [5.41, 5.74) is 2.48. The highest BCUT2D eigenvalue weighted by Crippen LogP contribution is 2.52. The van der Waals surface area contributed by atoms with Gasteiger partial charge in [0.05, 0.1) is 0 Å². The van der Waals surface area contributed by atoms with Gasteiger partial charge in [-0.2, -0.15) is 0 Å². The van der Waals surface area contributed by atoms with E-state index in [9.17, 15) is 19.2 Å². The zero-order chi connectivity index (χ0) is 31.7. The molecule has 8 rings (SSSR count). The van der Waals surface area contributed by atoms with Gasteiger partial charge in [0.1, 0.15) is 11.6 Å². The minimum absolute atomic E-state index is 0.0130. The molecule has 0 radical (unpaired) electrons. The molecule has 2 aromatic carbocycles. The summed E-state index contributed by atoms with van der Waals surface area (Å²) in [6.07, 6.45) is 14.5. The quantitative estimate of drug-likeness (QED) is 0.379. The van der Waals surface area contributed by atoms with Gasteiger partial charge in [0.2, 0.25) is 11.8 Å². The van der Waals surface area contributed by atoms with Crippen molar-refractivity contribution in [1.82, 2.24) is 9.80 Å². The molecular weight excluding hydrogens is 572 g/mol. The van der Waals surface area contributed by atoms with Crippen LogP contribution >= 0.6 is 0 Å². The molecular formula is C40H50N2O4. The molecule has 2 spiro atoms. The van der Waals surface area contributed by atoms with Gasteiger partial charge >= 0.3 is 0 Å². The predicted molar refractivity (Wildman–Crippen MR) is 178 cm³/mol. The topological polar surface area (TPSA) is 74.8 Å². The number of hydrogen-bond donors (Lipinski definition) is 0. The van der Waals surface area contributed by atoms with Crippen LogP contribution in [-0.4, -0.2) is 57.3 Å². The van der Waals surface area contributed by atoms with Gasteiger partial charge in [0.15, 0.2) is 0 Å². The van der Waals surface area contributed by atoms with Crippen molar-refractivity contribution in [2.45, 2.75) is 114 Å². The Morgan fingerprint density at radius 2 is 0.935 bits per heavy atom. The van der Waals surface area contributed by atoms with Crippen LogP contribution in [0.2, 0.25) is 0 Å². The maximum atomic E-state index is 12.7. The third kappa shape index (κ3) is 5.64. The molecule has 6 nitrogen and oxygen atoms in total. The minimum Gasteiger partial charge on any atom is -0.337 e. The van der Waals surface area contributed by atoms with Crippen molar-refractivity contribution in [2.24, 2.45) is 23.7 Å². The molecule has 2 amide bonds. The van der Waals surface area contributed by atoms with Crippen LogP contribution in [0, 0.1) is 23.7 Å². The molecule has 4 heterocycles. The number of carbonyl (C=O) groups excluding carboxylic acids is 4. The second-order valence-corrected chi connectivity index (χ2v) is 15.0. The Labute approximate surface area is 274 Å². The van der Waals surface area contributed by atoms with Crippen LogP contribution in [0.5, 0.6) is 0 Å². The molecule has 2 saturated carbocycles. The monoisotopic (exact) mass is 622 g/mol. The Bertz CT molecular complexity index is 1330. The zero-order valence-electron chi connectivity index (χ0n) is 27.3. The van der Waals surface area contributed by atoms with Crippen LogP contribution in [0.25, 0.3) is 0 Å². The van der Waals surface area contributed by atoms with Gasteiger partial charge in [0.25, 0.3) is 0 Å². The van der Waals surface area contributed by atoms with E-state index in [1.165, 1.54) is 11.1 Å². The number of Topliss-reactive ketones (excluding diaryl/α,β-unsaturated/α-hetero) is 2. The van der Waals surface area contributed by atoms with Gasteiger partial charge in [-0.1, -0.05) is 60.7 Å². The van der Waals surface area contributed by atoms with Gasteiger partial charge in [0, 0.05) is 61.7 Å². The molecule has 2 aromatic rings. The third-order valence-electron chi connectivity index (χ3n) is 12.9. The largest absolute Gasteiger partial charge is 0.337 e. The maximum Gasteiger partial charge on any atom is 0.223 e. The average Bonchev–Trinajstić information content (AvgIpc) is 3.63. The first-order valence-corrected chi connectivity index (χ1v) is 18.2. The number of hydrogen-bond acceptors (Lipinski definition) is 4. The third-order valence-corrected chi connectivity index (χ3v) is 12.9. The van der Waals surface area contributed by atoms with E-state index in [0.29, 0.717) is 60.9 Å². The number of benzene rings is 2. The van der Waals surface area contributed by atoms with Crippen LogP contribution in [-0.2, 0) is 32.0 Å². The molecule has 244 valence electrons. The van der Waals surface area contributed by atoms with E-state index in [4.69, 9.17) is 0 Å². The summed E-state index contributed by atoms with van der Waals surface area (Å²) >= 11 is 0. The van der Waals surface area contributed by atoms with Gasteiger partial charge < -0.3 is 9.80 Å². The van der Waals surface area contributed by atoms with Crippen LogP contribution < -0.4 is 0 Å². The summed E-state index contributed by atoms with van der Waals surface area (Å²) in [6, 6.07) is 20.8. The second kappa shape index (κ2) is 13.1. The normalized spacial score (nSPS) is 34.0. The lowest BCUT2D eigenvalue weighted by atomic mass is 9.62. The molecule has 0 N–H and O–H groups in total. The van der Waals surface area contributed by atoms with E-state index < -0.39 is 0 Å². The van der Waals surface area contributed by atoms with Gasteiger partial charge in [-0.3, -0.25) is 19.2 Å². The van der Waals surface area contributed by atoms with Crippen molar-refractivity contribution in [3.63, 3.8) is 0 Å². The molecule has 0 unspecified atom stereocenters. The van der Waals surface area contributed by atoms with Gasteiger partial charge in [-0.05, 0) is 100 Å². The average molecular weight is 623 g/mol. The van der Waals surface area contributed by atoms with Crippen molar-refractivity contribution in [3.8, 4) is 0 Å². The highest BCUT2D eigenvalue weighted by Gasteiger charge is 2.57. The highest BCUT2D eigenvalue weighted by molar-refractivity contribution is 5.85. The smallest absolute Gasteiger partial charge is 0.223 e. The van der Waals surface area contributed by atoms with E-state index in [2.05, 4.69) is 58.3 Å². The van der Waals surface area contributed by atoms with Crippen molar-refractivity contribution in [3.05, 3.63) is 71.8 Å². The Kier molecular flexibility index (Phi) is 8.91. The van der Waals surface area contributed by atoms with E-state index in [1.54, 1.807) is 0 Å². The molecule has 6 aliphatic rings. The molecule has 6 fully saturated rings. The van der Waals surface area contributed by atoms with E-state index in [1.807, 2.05) is 12.1 Å². The Hall–Kier alpha value is -3.28. The molecule has 0 aromatic heterocycles. The molecule has 46 heavy (non-hydrogen) atoms. The zero-order valence-corrected chi connectivity index (χ0v) is 27.3. The standard InChI is InChI=1S/2C20H25NO2/c2*22-18-10-12-20-11-5-13-21(20)19(23)9-4-8-17(20)16(18)14-15-6-2-1-3-7-15/h2*1-3,6-7,16-17H,4-5,8-14H2/t2*16-,17+,20-/m10/s1. The molecule has 6 heteroatoms. The minimum atomic E-state index is -0.0130. The highest BCUT2D eigenvalue weighted by atomic mass is 16.2. The number of rotatable bonds is 4. The lowest BCUT2D eigenvalue weighted by Gasteiger charge is -2.49. The van der Waals surface area contributed by atoms with E-state index >= 15 is 0 Å². The molecule has 0 bridgehead atoms. The Morgan fingerprint density at radius 1 is 0.522 bits per heavy atom. The van der Waals surface area contributed by atoms with Crippen molar-refractivity contribution in [2.75, 3.05) is 13.1 Å². The number of nitrogens with zero attached hydrogens (tertiary/aromatic N) is 2. The van der Waals surface area contributed by atoms with Gasteiger partial charge in [-0.25, -0.2) is 0 Å². The molecule has 6 atom stereocenters. The van der Waals surface area contributed by atoms with Crippen molar-refractivity contribution < 1.29 is 19.2 Å². The van der Waals surface area contributed by atoms with Crippen LogP contribution in [0.3, 0.4) is 0 Å². The fourth-order valence-corrected chi connectivity index (χ4v) is 10.9. The van der Waals surface area contributed by atoms with Crippen LogP contribution in [0.4, 0.5) is 0 Å². The lowest BCUT2D eigenvalue weighted by molar-refractivity contribution is -0.143. The maximum absolute atomic E-state index is 12.7. The van der Waals surface area contributed by atoms with Crippen LogP contribution in [0.1, 0.15) is 101 Å². The fourth-order valence-electron chi connectivity index (χ4n) is 10.9. The summed E-state index contributed by atoms with van der Waals surface area (Å²) in [5.74, 6) is 2.41. The summed E-state index contributed by atoms with van der Waals surface area (Å²) in [6.45, 7) is 1.81. The second-order valence-electron chi connectivity index (χ2n) is 15.0. The summed E-state index contributed by atoms with van der Waals surface area (Å²) in [4.78, 5) is 54.9. The number of amides is 2. The van der Waals surface area contributed by atoms with Gasteiger partial charge in [-0.15, -0.1) is 0 Å². The van der Waals surface area contributed by atoms with E-state index in [-0.39, 0.29) is 22.9 Å². The van der Waals surface area contributed by atoms with Crippen molar-refractivity contribution >= 4 is 23.4 Å². The molecule has 4 saturated heterocycles. The fraction of sp³-hybridized carbons (Fsp3) is 0.600. The Balaban J connectivity index is 0.000000147. The first-order chi connectivity index (χ1) is 22.4. The SMILES string of the molecule is O=C1CC[C@@]23CCCN2C(=O)CCC[C@H]3[C@H]1Cc1ccccc1.O=C1CC[C@]23CCCN2C(=O)CCC[C@@H]3[C@@H]1Cc1ccccc1. The molecule has 4 aliphatic heterocycles. The number of ketones is 2. The van der Waals surface area contributed by atoms with Crippen LogP contribution in [0.15, 0.2) is 60.7 Å². The number of carbonyl (C=O) groups is 4. The Morgan fingerprint density at radius 3 is 1.35 bits per heavy atom. The predicted octanol–water partition coefficient (Wildman–Crippen LogP) is 6.74. The van der Waals surface area contributed by atoms with Crippen molar-refractivity contribution in [1.29, 1.82) is 0 Å². The summed E-state index contributed by atoms with van der Waals surface area (Å²) < 4.78 is 0. The van der Waals surface area contributed by atoms with E-state index in [0.717, 1.165) is 90.1 Å². The first-order valence-electron chi connectivity index (χ1n) is 18.2.